The van der Waals surface area contributed by atoms with Crippen LogP contribution >= 0.6 is 0 Å². The molecule has 2 heterocycles. The summed E-state index contributed by atoms with van der Waals surface area (Å²) < 4.78 is 10.7. The molecule has 3 fully saturated rings. The van der Waals surface area contributed by atoms with E-state index >= 15 is 0 Å². The zero-order valence-corrected chi connectivity index (χ0v) is 8.78. The van der Waals surface area contributed by atoms with Crippen molar-refractivity contribution in [3.05, 3.63) is 0 Å². The van der Waals surface area contributed by atoms with Crippen molar-refractivity contribution in [2.24, 2.45) is 5.92 Å². The van der Waals surface area contributed by atoms with Crippen LogP contribution in [-0.4, -0.2) is 24.9 Å². The van der Waals surface area contributed by atoms with E-state index < -0.39 is 0 Å². The molecule has 0 aromatic heterocycles. The van der Waals surface area contributed by atoms with Gasteiger partial charge in [0.1, 0.15) is 0 Å². The summed E-state index contributed by atoms with van der Waals surface area (Å²) in [7, 11) is 0. The fraction of sp³-hybridized carbons (Fsp3) is 1.00. The van der Waals surface area contributed by atoms with Crippen LogP contribution in [0, 0.1) is 5.92 Å². The molecule has 0 amide bonds. The van der Waals surface area contributed by atoms with Crippen molar-refractivity contribution in [1.29, 1.82) is 0 Å². The van der Waals surface area contributed by atoms with Crippen molar-refractivity contribution in [1.82, 2.24) is 0 Å². The van der Waals surface area contributed by atoms with Crippen LogP contribution in [0.5, 0.6) is 0 Å². The summed E-state index contributed by atoms with van der Waals surface area (Å²) >= 11 is 0. The molecule has 4 unspecified atom stereocenters. The van der Waals surface area contributed by atoms with Crippen molar-refractivity contribution in [3.63, 3.8) is 0 Å². The van der Waals surface area contributed by atoms with Crippen molar-refractivity contribution in [3.8, 4) is 0 Å². The van der Waals surface area contributed by atoms with Crippen molar-refractivity contribution >= 4 is 0 Å². The highest BCUT2D eigenvalue weighted by molar-refractivity contribution is 4.91. The molecule has 0 spiro atoms. The van der Waals surface area contributed by atoms with Crippen LogP contribution in [0.15, 0.2) is 0 Å². The fourth-order valence-electron chi connectivity index (χ4n) is 2.79. The number of ether oxygens (including phenoxy) is 2. The van der Waals surface area contributed by atoms with Crippen molar-refractivity contribution in [2.75, 3.05) is 6.61 Å². The Kier molecular flexibility index (Phi) is 2.50. The molecule has 0 radical (unpaired) electrons. The van der Waals surface area contributed by atoms with Crippen LogP contribution in [0.25, 0.3) is 0 Å². The number of hydrogen-bond acceptors (Lipinski definition) is 2. The number of fused-ring (bicyclic) bond motifs is 1. The molecule has 80 valence electrons. The van der Waals surface area contributed by atoms with Gasteiger partial charge in [-0.2, -0.15) is 0 Å². The van der Waals surface area contributed by atoms with Crippen LogP contribution in [0.2, 0.25) is 0 Å². The summed E-state index contributed by atoms with van der Waals surface area (Å²) in [5.74, 6) is 0.971. The van der Waals surface area contributed by atoms with Gasteiger partial charge in [-0.1, -0.05) is 19.3 Å². The molecule has 2 aliphatic heterocycles. The summed E-state index contributed by atoms with van der Waals surface area (Å²) in [5.41, 5.74) is 0. The minimum absolute atomic E-state index is 0.637. The number of rotatable bonds is 5. The summed E-state index contributed by atoms with van der Waals surface area (Å²) in [6, 6.07) is 0. The molecule has 2 nitrogen and oxygen atoms in total. The Morgan fingerprint density at radius 1 is 1.00 bits per heavy atom. The quantitative estimate of drug-likeness (QED) is 0.498. The van der Waals surface area contributed by atoms with Gasteiger partial charge in [-0.05, 0) is 31.6 Å². The number of hydrogen-bond donors (Lipinski definition) is 0. The maximum absolute atomic E-state index is 5.54. The van der Waals surface area contributed by atoms with Gasteiger partial charge < -0.3 is 9.47 Å². The van der Waals surface area contributed by atoms with Crippen LogP contribution in [0.4, 0.5) is 0 Å². The fourth-order valence-corrected chi connectivity index (χ4v) is 2.79. The molecule has 2 heteroatoms. The predicted molar refractivity (Wildman–Crippen MR) is 54.2 cm³/mol. The lowest BCUT2D eigenvalue weighted by molar-refractivity contribution is 0.337. The monoisotopic (exact) mass is 196 g/mol. The molecule has 3 rings (SSSR count). The van der Waals surface area contributed by atoms with Gasteiger partial charge in [0.15, 0.2) is 0 Å². The van der Waals surface area contributed by atoms with Crippen LogP contribution in [-0.2, 0) is 9.47 Å². The second-order valence-corrected chi connectivity index (χ2v) is 5.13. The molecule has 2 saturated heterocycles. The Balaban J connectivity index is 1.28. The van der Waals surface area contributed by atoms with E-state index in [-0.39, 0.29) is 0 Å². The lowest BCUT2D eigenvalue weighted by Gasteiger charge is -2.18. The Labute approximate surface area is 86.0 Å². The zero-order valence-electron chi connectivity index (χ0n) is 8.78. The zero-order chi connectivity index (χ0) is 9.38. The molecule has 1 aliphatic carbocycles. The molecule has 4 atom stereocenters. The molecule has 1 saturated carbocycles. The minimum Gasteiger partial charge on any atom is -0.373 e. The van der Waals surface area contributed by atoms with Gasteiger partial charge in [0.25, 0.3) is 0 Å². The van der Waals surface area contributed by atoms with E-state index in [1.165, 1.54) is 44.9 Å². The Morgan fingerprint density at radius 3 is 2.64 bits per heavy atom. The van der Waals surface area contributed by atoms with Gasteiger partial charge >= 0.3 is 0 Å². The second kappa shape index (κ2) is 3.82. The number of epoxide rings is 2. The third kappa shape index (κ3) is 2.29. The summed E-state index contributed by atoms with van der Waals surface area (Å²) in [6.07, 6.45) is 11.6. The lowest BCUT2D eigenvalue weighted by atomic mass is 9.85. The Hall–Kier alpha value is -0.0800. The summed E-state index contributed by atoms with van der Waals surface area (Å²) in [6.45, 7) is 1.03. The lowest BCUT2D eigenvalue weighted by Crippen LogP contribution is -2.13. The number of unbranched alkanes of at least 4 members (excludes halogenated alkanes) is 1. The van der Waals surface area contributed by atoms with Gasteiger partial charge in [-0.25, -0.2) is 0 Å². The van der Waals surface area contributed by atoms with Gasteiger partial charge in [0.2, 0.25) is 0 Å². The van der Waals surface area contributed by atoms with E-state index in [9.17, 15) is 0 Å². The first-order valence-corrected chi connectivity index (χ1v) is 6.19. The van der Waals surface area contributed by atoms with Gasteiger partial charge in [0.05, 0.1) is 24.9 Å². The molecule has 0 bridgehead atoms. The van der Waals surface area contributed by atoms with Crippen molar-refractivity contribution < 1.29 is 9.47 Å². The first-order chi connectivity index (χ1) is 6.92. The second-order valence-electron chi connectivity index (χ2n) is 5.13. The molecular formula is C12H20O2. The van der Waals surface area contributed by atoms with E-state index in [1.807, 2.05) is 0 Å². The van der Waals surface area contributed by atoms with Gasteiger partial charge in [-0.15, -0.1) is 0 Å². The average molecular weight is 196 g/mol. The van der Waals surface area contributed by atoms with Crippen LogP contribution < -0.4 is 0 Å². The van der Waals surface area contributed by atoms with Crippen LogP contribution in [0.3, 0.4) is 0 Å². The van der Waals surface area contributed by atoms with Crippen molar-refractivity contribution in [2.45, 2.75) is 63.3 Å². The first kappa shape index (κ1) is 9.17. The van der Waals surface area contributed by atoms with E-state index in [2.05, 4.69) is 0 Å². The van der Waals surface area contributed by atoms with Gasteiger partial charge in [-0.3, -0.25) is 0 Å². The average Bonchev–Trinajstić information content (AvgIpc) is 3.06. The van der Waals surface area contributed by atoms with E-state index in [1.54, 1.807) is 0 Å². The SMILES string of the molecule is C(CCC1CO1)CC1CCC2OC2C1. The third-order valence-corrected chi connectivity index (χ3v) is 3.90. The highest BCUT2D eigenvalue weighted by Gasteiger charge is 2.43. The maximum Gasteiger partial charge on any atom is 0.0844 e. The third-order valence-electron chi connectivity index (χ3n) is 3.90. The molecule has 0 aromatic rings. The normalized spacial score (nSPS) is 44.6. The smallest absolute Gasteiger partial charge is 0.0844 e. The predicted octanol–water partition coefficient (Wildman–Crippen LogP) is 2.51. The van der Waals surface area contributed by atoms with Crippen LogP contribution in [0.1, 0.15) is 44.9 Å². The topological polar surface area (TPSA) is 25.1 Å². The molecule has 14 heavy (non-hydrogen) atoms. The largest absolute Gasteiger partial charge is 0.373 e. The Bertz CT molecular complexity index is 200. The molecular weight excluding hydrogens is 176 g/mol. The molecule has 3 aliphatic rings. The summed E-state index contributed by atoms with van der Waals surface area (Å²) in [4.78, 5) is 0. The Morgan fingerprint density at radius 2 is 1.86 bits per heavy atom. The summed E-state index contributed by atoms with van der Waals surface area (Å²) in [5, 5.41) is 0. The highest BCUT2D eigenvalue weighted by atomic mass is 16.6. The highest BCUT2D eigenvalue weighted by Crippen LogP contribution is 2.41. The maximum atomic E-state index is 5.54. The minimum atomic E-state index is 0.637. The standard InChI is InChI=1S/C12H20O2/c1(2-4-10-8-13-10)3-9-5-6-11-12(7-9)14-11/h9-12H,1-8H2. The van der Waals surface area contributed by atoms with E-state index in [0.717, 1.165) is 12.5 Å². The van der Waals surface area contributed by atoms with E-state index in [0.29, 0.717) is 18.3 Å². The molecule has 0 N–H and O–H groups in total. The van der Waals surface area contributed by atoms with E-state index in [4.69, 9.17) is 9.47 Å². The first-order valence-electron chi connectivity index (χ1n) is 6.19. The van der Waals surface area contributed by atoms with Gasteiger partial charge in [0, 0.05) is 0 Å². The molecule has 0 aromatic carbocycles.